The Kier molecular flexibility index (Phi) is 22.4. The van der Waals surface area contributed by atoms with Crippen LogP contribution in [0, 0.1) is 0 Å². The number of benzene rings is 11. The van der Waals surface area contributed by atoms with Crippen LogP contribution in [0.15, 0.2) is 297 Å². The Morgan fingerprint density at radius 3 is 0.676 bits per heavy atom. The molecule has 0 fully saturated rings. The van der Waals surface area contributed by atoms with Gasteiger partial charge in [-0.1, -0.05) is 229 Å². The zero-order valence-corrected chi connectivity index (χ0v) is 63.8. The van der Waals surface area contributed by atoms with Crippen LogP contribution in [0.5, 0.6) is 40.2 Å². The van der Waals surface area contributed by atoms with E-state index in [1.807, 2.05) is 322 Å². The van der Waals surface area contributed by atoms with Crippen molar-refractivity contribution in [3.05, 3.63) is 374 Å². The number of nitrogens with zero attached hydrogens (tertiary/aromatic N) is 4. The van der Waals surface area contributed by atoms with Gasteiger partial charge in [-0.2, -0.15) is 0 Å². The zero-order chi connectivity index (χ0) is 72.3. The van der Waals surface area contributed by atoms with E-state index in [4.69, 9.17) is 87.9 Å². The molecule has 0 saturated heterocycles. The predicted octanol–water partition coefficient (Wildman–Crippen LogP) is 23.6. The van der Waals surface area contributed by atoms with Crippen molar-refractivity contribution in [1.29, 1.82) is 0 Å². The maximum Gasteiger partial charge on any atom is 2.00 e. The summed E-state index contributed by atoms with van der Waals surface area (Å²) in [5.74, 6) is 4.33. The van der Waals surface area contributed by atoms with Gasteiger partial charge in [-0.05, 0) is 193 Å². The molecular formula is C93H67Cl3N4O7Zn. The van der Waals surface area contributed by atoms with Crippen LogP contribution in [-0.2, 0) is 65.7 Å². The third kappa shape index (κ3) is 17.6. The molecule has 524 valence electrons. The van der Waals surface area contributed by atoms with Gasteiger partial charge in [0, 0.05) is 33.3 Å². The van der Waals surface area contributed by atoms with Crippen molar-refractivity contribution in [1.82, 2.24) is 19.9 Å². The summed E-state index contributed by atoms with van der Waals surface area (Å²) in [4.78, 5) is 21.8. The topological polar surface area (TPSA) is 119 Å². The van der Waals surface area contributed by atoms with Crippen molar-refractivity contribution >= 4 is 81.2 Å². The summed E-state index contributed by atoms with van der Waals surface area (Å²) in [7, 11) is 0. The Labute approximate surface area is 654 Å². The fourth-order valence-corrected chi connectivity index (χ4v) is 13.3. The molecule has 14 aromatic rings. The number of halogens is 3. The van der Waals surface area contributed by atoms with Crippen LogP contribution < -0.4 is 43.1 Å². The van der Waals surface area contributed by atoms with Gasteiger partial charge in [0.1, 0.15) is 86.5 Å². The number of fused-ring (bicyclic) bond motifs is 8. The SMILES string of the molecule is Clc1ccc(-c2c3nc(c(-c4ccc(Cl)cc4)c4ccc([n-]4)c(-c4ccc(OCc5cc(OCc6cc(OCc7ccccc7)cc(OCc7ccccc7)c6)cc(OCc6cc(OCc7ccccc7)cc(OCc7ccccc7)c6)c5)cc4)c4nc(c(-c5ccc(Cl)cc5)c5ccc2[n-]5)C=C4)C=C3)cc1.[Zn+2]. The first-order chi connectivity index (χ1) is 52.6. The quantitative estimate of drug-likeness (QED) is 0.0509. The van der Waals surface area contributed by atoms with Crippen molar-refractivity contribution in [2.45, 2.75) is 46.2 Å². The molecule has 15 heteroatoms. The molecule has 0 spiro atoms. The van der Waals surface area contributed by atoms with Crippen molar-refractivity contribution in [2.24, 2.45) is 0 Å². The largest absolute Gasteiger partial charge is 2.00 e. The van der Waals surface area contributed by atoms with E-state index in [0.29, 0.717) is 104 Å². The molecule has 0 N–H and O–H groups in total. The van der Waals surface area contributed by atoms with Gasteiger partial charge >= 0.3 is 19.5 Å². The molecule has 0 atom stereocenters. The molecule has 0 radical (unpaired) electrons. The van der Waals surface area contributed by atoms with Crippen LogP contribution in [0.25, 0.3) is 90.9 Å². The molecule has 11 aromatic carbocycles. The number of hydrogen-bond acceptors (Lipinski definition) is 9. The van der Waals surface area contributed by atoms with E-state index < -0.39 is 0 Å². The minimum atomic E-state index is 0. The molecule has 5 heterocycles. The smallest absolute Gasteiger partial charge is 0.657 e. The second-order valence-corrected chi connectivity index (χ2v) is 27.1. The van der Waals surface area contributed by atoms with Gasteiger partial charge in [0.05, 0.1) is 22.8 Å². The van der Waals surface area contributed by atoms with E-state index in [0.717, 1.165) is 106 Å². The number of ether oxygens (including phenoxy) is 7. The van der Waals surface area contributed by atoms with Gasteiger partial charge in [0.15, 0.2) is 0 Å². The maximum atomic E-state index is 6.77. The molecule has 108 heavy (non-hydrogen) atoms. The number of hydrogen-bond donors (Lipinski definition) is 0. The monoisotopic (exact) mass is 1520 g/mol. The molecule has 3 aromatic heterocycles. The molecule has 11 nitrogen and oxygen atoms in total. The van der Waals surface area contributed by atoms with Crippen molar-refractivity contribution in [3.63, 3.8) is 0 Å². The Morgan fingerprint density at radius 2 is 0.435 bits per heavy atom. The molecule has 0 unspecified atom stereocenters. The van der Waals surface area contributed by atoms with E-state index in [-0.39, 0.29) is 39.3 Å². The summed E-state index contributed by atoms with van der Waals surface area (Å²) in [5.41, 5.74) is 19.2. The van der Waals surface area contributed by atoms with Crippen molar-refractivity contribution in [3.8, 4) is 84.8 Å². The molecular weight excluding hydrogens is 1460 g/mol. The molecule has 0 amide bonds. The van der Waals surface area contributed by atoms with Gasteiger partial charge < -0.3 is 43.1 Å². The van der Waals surface area contributed by atoms with Gasteiger partial charge in [-0.3, -0.25) is 0 Å². The fraction of sp³-hybridized carbons (Fsp3) is 0.0753. The molecule has 2 aliphatic heterocycles. The van der Waals surface area contributed by atoms with Crippen LogP contribution in [-0.4, -0.2) is 9.97 Å². The van der Waals surface area contributed by atoms with E-state index in [1.54, 1.807) is 0 Å². The first-order valence-electron chi connectivity index (χ1n) is 35.0. The maximum absolute atomic E-state index is 6.77. The van der Waals surface area contributed by atoms with Crippen LogP contribution >= 0.6 is 34.8 Å². The van der Waals surface area contributed by atoms with Crippen LogP contribution in [0.4, 0.5) is 0 Å². The standard InChI is InChI=1S/C93H67Cl3N4O7.Zn/c94-72-29-21-68(22-30-72)90-82-37-39-84(97-82)91(69-23-31-73(95)32-24-69)86-41-43-88(99-86)93(89-44-42-87(100-89)92(85-40-38-83(90)98-85)70-25-33-74(96)34-26-70)71-27-35-75(36-28-71)101-58-65-45-80(106-59-66-47-76(102-54-61-13-5-1-6-14-61)51-77(48-66)103-55-62-15-7-2-8-16-62)53-81(46-65)107-60-67-49-78(104-56-63-17-9-3-10-18-63)52-79(50-67)105-57-64-19-11-4-12-20-64;/h1-53H,54-60H2;/q-2;+2. The number of aromatic nitrogens is 4. The minimum absolute atomic E-state index is 0. The predicted molar refractivity (Wildman–Crippen MR) is 429 cm³/mol. The first kappa shape index (κ1) is 71.7. The average Bonchev–Trinajstić information content (AvgIpc) is 1.61. The van der Waals surface area contributed by atoms with Crippen LogP contribution in [0.2, 0.25) is 15.1 Å². The van der Waals surface area contributed by atoms with Crippen LogP contribution in [0.3, 0.4) is 0 Å². The van der Waals surface area contributed by atoms with Gasteiger partial charge in [0.25, 0.3) is 0 Å². The molecule has 8 bridgehead atoms. The summed E-state index contributed by atoms with van der Waals surface area (Å²) < 4.78 is 45.9. The Bertz CT molecular complexity index is 5400. The average molecular weight is 1520 g/mol. The molecule has 16 rings (SSSR count). The Hall–Kier alpha value is -11.9. The summed E-state index contributed by atoms with van der Waals surface area (Å²) in [6, 6.07) is 97.4. The fourth-order valence-electron chi connectivity index (χ4n) is 12.9. The van der Waals surface area contributed by atoms with Gasteiger partial charge in [0.2, 0.25) is 0 Å². The zero-order valence-electron chi connectivity index (χ0n) is 58.5. The number of rotatable bonds is 25. The second-order valence-electron chi connectivity index (χ2n) is 25.8. The first-order valence-corrected chi connectivity index (χ1v) is 36.2. The summed E-state index contributed by atoms with van der Waals surface area (Å²) in [5, 5.41) is 1.85. The molecule has 0 aliphatic carbocycles. The molecule has 2 aliphatic rings. The third-order valence-corrected chi connectivity index (χ3v) is 18.9. The van der Waals surface area contributed by atoms with Crippen LogP contribution in [0.1, 0.15) is 61.7 Å². The van der Waals surface area contributed by atoms with E-state index in [9.17, 15) is 0 Å². The van der Waals surface area contributed by atoms with Gasteiger partial charge in [-0.25, -0.2) is 9.97 Å². The molecule has 0 saturated carbocycles. The van der Waals surface area contributed by atoms with Gasteiger partial charge in [-0.15, -0.1) is 22.1 Å². The summed E-state index contributed by atoms with van der Waals surface area (Å²) >= 11 is 19.6. The normalized spacial score (nSPS) is 11.4. The van der Waals surface area contributed by atoms with E-state index in [2.05, 4.69) is 0 Å². The summed E-state index contributed by atoms with van der Waals surface area (Å²) in [6.45, 7) is 2.03. The summed E-state index contributed by atoms with van der Waals surface area (Å²) in [6.07, 6.45) is 8.15. The Balaban J connectivity index is 0.00000930. The van der Waals surface area contributed by atoms with E-state index >= 15 is 0 Å². The van der Waals surface area contributed by atoms with Crippen molar-refractivity contribution < 1.29 is 52.6 Å². The Morgan fingerprint density at radius 1 is 0.222 bits per heavy atom. The van der Waals surface area contributed by atoms with Crippen molar-refractivity contribution in [2.75, 3.05) is 0 Å². The third-order valence-electron chi connectivity index (χ3n) is 18.2. The second kappa shape index (κ2) is 33.7. The minimum Gasteiger partial charge on any atom is -0.657 e. The van der Waals surface area contributed by atoms with E-state index in [1.165, 1.54) is 0 Å².